The largest absolute Gasteiger partial charge is 0.355 e. The molecule has 1 heterocycles. The van der Waals surface area contributed by atoms with Gasteiger partial charge >= 0.3 is 0 Å². The number of carbonyl (C=O) groups is 2. The van der Waals surface area contributed by atoms with Gasteiger partial charge in [-0.2, -0.15) is 8.42 Å². The Hall–Kier alpha value is -3.17. The summed E-state index contributed by atoms with van der Waals surface area (Å²) in [5.74, 6) is -2.72. The summed E-state index contributed by atoms with van der Waals surface area (Å²) >= 11 is 0. The van der Waals surface area contributed by atoms with Crippen LogP contribution in [0.25, 0.3) is 0 Å². The van der Waals surface area contributed by atoms with Crippen LogP contribution >= 0.6 is 0 Å². The lowest BCUT2D eigenvalue weighted by Gasteiger charge is -2.47. The molecule has 0 saturated heterocycles. The summed E-state index contributed by atoms with van der Waals surface area (Å²) < 4.78 is 67.1. The van der Waals surface area contributed by atoms with Gasteiger partial charge in [-0.05, 0) is 49.6 Å². The van der Waals surface area contributed by atoms with Crippen LogP contribution in [0.5, 0.6) is 0 Å². The van der Waals surface area contributed by atoms with E-state index < -0.39 is 49.4 Å². The normalized spacial score (nSPS) is 21.6. The number of methoxy groups -OCH3 is 2. The second-order valence-electron chi connectivity index (χ2n) is 10.9. The minimum Gasteiger partial charge on any atom is -0.355 e. The standard InChI is InChI=1S/C28H36N4O8S2/c1-17(2)13-14-28(32(3)16-23(39-4)40-5)20-10-8-7-9-19(20)25(33)24(26(28)34)27-29-21-12-11-18(30-41(6,35)36)15-22(21)42(37,38)31-27/h7-12,15,17,23-24,30H,13-14,16H2,1-6H3,(H,29,31). The van der Waals surface area contributed by atoms with Crippen molar-refractivity contribution < 1.29 is 35.9 Å². The van der Waals surface area contributed by atoms with Gasteiger partial charge in [0.2, 0.25) is 10.0 Å². The maximum absolute atomic E-state index is 14.7. The molecule has 2 unspecified atom stereocenters. The van der Waals surface area contributed by atoms with Crippen LogP contribution in [0.15, 0.2) is 51.8 Å². The first-order valence-corrected chi connectivity index (χ1v) is 16.7. The van der Waals surface area contributed by atoms with Crippen molar-refractivity contribution in [3.05, 3.63) is 53.6 Å². The number of nitrogens with one attached hydrogen (secondary N) is 2. The SMILES string of the molecule is COC(CN(C)C1(CCC(C)C)C(=O)C(C2=NS(=O)(=O)c3cc(NS(C)(=O)=O)ccc3N2)C(=O)c2ccccc21)OC. The number of ether oxygens (including phenoxy) is 2. The highest BCUT2D eigenvalue weighted by Gasteiger charge is 2.56. The third-order valence-corrected chi connectivity index (χ3v) is 9.51. The Labute approximate surface area is 246 Å². The zero-order valence-electron chi connectivity index (χ0n) is 24.4. The topological polar surface area (TPSA) is 161 Å². The van der Waals surface area contributed by atoms with Crippen LogP contribution in [0.4, 0.5) is 11.4 Å². The Balaban J connectivity index is 1.87. The van der Waals surface area contributed by atoms with Gasteiger partial charge in [0, 0.05) is 25.5 Å². The minimum atomic E-state index is -4.42. The van der Waals surface area contributed by atoms with Gasteiger partial charge in [-0.25, -0.2) is 8.42 Å². The average Bonchev–Trinajstić information content (AvgIpc) is 2.91. The number of fused-ring (bicyclic) bond motifs is 2. The Morgan fingerprint density at radius 2 is 1.79 bits per heavy atom. The van der Waals surface area contributed by atoms with Crippen molar-refractivity contribution in [2.75, 3.05) is 44.1 Å². The number of ketones is 2. The molecule has 2 aromatic carbocycles. The number of nitrogens with zero attached hydrogens (tertiary/aromatic N) is 2. The van der Waals surface area contributed by atoms with E-state index in [1.54, 1.807) is 31.3 Å². The van der Waals surface area contributed by atoms with Crippen molar-refractivity contribution >= 4 is 48.8 Å². The van der Waals surface area contributed by atoms with Gasteiger partial charge in [0.25, 0.3) is 10.0 Å². The van der Waals surface area contributed by atoms with Crippen LogP contribution in [-0.2, 0) is 39.9 Å². The Morgan fingerprint density at radius 1 is 1.12 bits per heavy atom. The number of rotatable bonds is 11. The van der Waals surface area contributed by atoms with E-state index in [0.717, 1.165) is 12.3 Å². The summed E-state index contributed by atoms with van der Waals surface area (Å²) in [4.78, 5) is 30.2. The Kier molecular flexibility index (Phi) is 8.95. The van der Waals surface area contributed by atoms with Crippen LogP contribution in [0.1, 0.15) is 42.6 Å². The molecule has 2 atom stereocenters. The molecule has 1 aliphatic carbocycles. The van der Waals surface area contributed by atoms with Gasteiger partial charge < -0.3 is 14.8 Å². The number of Topliss-reactive ketones (excluding diaryl/α,β-unsaturated/α-hetero) is 2. The predicted molar refractivity (Wildman–Crippen MR) is 159 cm³/mol. The number of likely N-dealkylation sites (N-methyl/N-ethyl adjacent to an activating group) is 1. The molecule has 12 nitrogen and oxygen atoms in total. The molecule has 0 bridgehead atoms. The zero-order valence-corrected chi connectivity index (χ0v) is 26.0. The van der Waals surface area contributed by atoms with E-state index in [9.17, 15) is 26.4 Å². The number of carbonyl (C=O) groups excluding carboxylic acids is 2. The highest BCUT2D eigenvalue weighted by Crippen LogP contribution is 2.45. The molecule has 42 heavy (non-hydrogen) atoms. The fraction of sp³-hybridized carbons (Fsp3) is 0.464. The van der Waals surface area contributed by atoms with Gasteiger partial charge in [0.15, 0.2) is 17.9 Å². The highest BCUT2D eigenvalue weighted by atomic mass is 32.2. The molecule has 0 fully saturated rings. The quantitative estimate of drug-likeness (QED) is 0.282. The monoisotopic (exact) mass is 620 g/mol. The van der Waals surface area contributed by atoms with E-state index in [1.165, 1.54) is 26.4 Å². The highest BCUT2D eigenvalue weighted by molar-refractivity contribution is 7.92. The molecule has 2 N–H and O–H groups in total. The summed E-state index contributed by atoms with van der Waals surface area (Å²) in [7, 11) is -3.35. The number of benzene rings is 2. The maximum atomic E-state index is 14.7. The Morgan fingerprint density at radius 3 is 2.40 bits per heavy atom. The first-order valence-electron chi connectivity index (χ1n) is 13.3. The maximum Gasteiger partial charge on any atom is 0.286 e. The zero-order chi connectivity index (χ0) is 31.0. The minimum absolute atomic E-state index is 0.0270. The van der Waals surface area contributed by atoms with Crippen molar-refractivity contribution in [3.63, 3.8) is 0 Å². The van der Waals surface area contributed by atoms with Crippen LogP contribution in [0.2, 0.25) is 0 Å². The third kappa shape index (κ3) is 5.99. The third-order valence-electron chi connectivity index (χ3n) is 7.57. The molecular formula is C28H36N4O8S2. The number of hydrogen-bond donors (Lipinski definition) is 2. The molecule has 0 aromatic heterocycles. The summed E-state index contributed by atoms with van der Waals surface area (Å²) in [6.45, 7) is 4.25. The molecule has 0 spiro atoms. The number of amidine groups is 1. The van der Waals surface area contributed by atoms with Gasteiger partial charge in [-0.15, -0.1) is 4.40 Å². The number of hydrogen-bond acceptors (Lipinski definition) is 10. The van der Waals surface area contributed by atoms with Crippen LogP contribution in [0.3, 0.4) is 0 Å². The van der Waals surface area contributed by atoms with Crippen LogP contribution in [-0.4, -0.2) is 79.5 Å². The van der Waals surface area contributed by atoms with E-state index in [4.69, 9.17) is 9.47 Å². The van der Waals surface area contributed by atoms with Crippen molar-refractivity contribution in [2.45, 2.75) is 43.4 Å². The summed E-state index contributed by atoms with van der Waals surface area (Å²) in [5.41, 5.74) is -0.407. The molecule has 0 amide bonds. The number of anilines is 2. The molecule has 1 aliphatic heterocycles. The molecule has 2 aliphatic rings. The molecular weight excluding hydrogens is 584 g/mol. The molecule has 0 radical (unpaired) electrons. The van der Waals surface area contributed by atoms with Gasteiger partial charge in [0.05, 0.1) is 18.5 Å². The fourth-order valence-electron chi connectivity index (χ4n) is 5.50. The van der Waals surface area contributed by atoms with Crippen LogP contribution in [0, 0.1) is 11.8 Å². The summed E-state index contributed by atoms with van der Waals surface area (Å²) in [5, 5.41) is 2.89. The van der Waals surface area contributed by atoms with E-state index >= 15 is 0 Å². The van der Waals surface area contributed by atoms with Crippen molar-refractivity contribution in [3.8, 4) is 0 Å². The second kappa shape index (κ2) is 11.8. The van der Waals surface area contributed by atoms with Crippen LogP contribution < -0.4 is 10.0 Å². The van der Waals surface area contributed by atoms with Gasteiger partial charge in [0.1, 0.15) is 22.2 Å². The molecule has 4 rings (SSSR count). The molecule has 228 valence electrons. The first kappa shape index (κ1) is 31.8. The lowest BCUT2D eigenvalue weighted by Crippen LogP contribution is -2.61. The van der Waals surface area contributed by atoms with E-state index in [1.807, 2.05) is 18.7 Å². The molecule has 2 aromatic rings. The smallest absolute Gasteiger partial charge is 0.286 e. The van der Waals surface area contributed by atoms with E-state index in [0.29, 0.717) is 24.0 Å². The number of sulfonamides is 2. The van der Waals surface area contributed by atoms with E-state index in [2.05, 4.69) is 14.4 Å². The van der Waals surface area contributed by atoms with Gasteiger partial charge in [-0.1, -0.05) is 38.1 Å². The van der Waals surface area contributed by atoms with Crippen molar-refractivity contribution in [1.82, 2.24) is 4.90 Å². The van der Waals surface area contributed by atoms with E-state index in [-0.39, 0.29) is 34.6 Å². The van der Waals surface area contributed by atoms with Crippen molar-refractivity contribution in [1.29, 1.82) is 0 Å². The van der Waals surface area contributed by atoms with Gasteiger partial charge in [-0.3, -0.25) is 19.2 Å². The Bertz CT molecular complexity index is 1630. The fourth-order valence-corrected chi connectivity index (χ4v) is 7.24. The first-order chi connectivity index (χ1) is 19.6. The second-order valence-corrected chi connectivity index (χ2v) is 14.3. The summed E-state index contributed by atoms with van der Waals surface area (Å²) in [6, 6.07) is 10.7. The lowest BCUT2D eigenvalue weighted by atomic mass is 9.66. The molecule has 14 heteroatoms. The van der Waals surface area contributed by atoms with Crippen molar-refractivity contribution in [2.24, 2.45) is 16.2 Å². The summed E-state index contributed by atoms with van der Waals surface area (Å²) in [6.07, 6.45) is 1.25. The molecule has 0 saturated carbocycles. The lowest BCUT2D eigenvalue weighted by molar-refractivity contribution is -0.146. The predicted octanol–water partition coefficient (Wildman–Crippen LogP) is 2.83. The average molecular weight is 621 g/mol.